The SMILES string of the molecule is O=C(Nc1nnc(C2CC2)s1)C1CCN(c2ccc3nncn3n2)CC1. The van der Waals surface area contributed by atoms with Gasteiger partial charge in [-0.3, -0.25) is 4.79 Å². The Bertz CT molecular complexity index is 941. The average Bonchev–Trinajstić information content (AvgIpc) is 3.23. The number of aromatic nitrogens is 6. The lowest BCUT2D eigenvalue weighted by Crippen LogP contribution is -2.38. The summed E-state index contributed by atoms with van der Waals surface area (Å²) in [7, 11) is 0. The zero-order chi connectivity index (χ0) is 17.5. The minimum absolute atomic E-state index is 0.00170. The third kappa shape index (κ3) is 3.00. The maximum absolute atomic E-state index is 12.5. The van der Waals surface area contributed by atoms with Crippen LogP contribution in [-0.4, -0.2) is 49.0 Å². The topological polar surface area (TPSA) is 101 Å². The van der Waals surface area contributed by atoms with Gasteiger partial charge in [0.15, 0.2) is 5.65 Å². The van der Waals surface area contributed by atoms with Crippen molar-refractivity contribution in [3.05, 3.63) is 23.5 Å². The summed E-state index contributed by atoms with van der Waals surface area (Å²) in [5.74, 6) is 1.50. The number of fused-ring (bicyclic) bond motifs is 1. The van der Waals surface area contributed by atoms with Gasteiger partial charge < -0.3 is 10.2 Å². The van der Waals surface area contributed by atoms with Crippen LogP contribution < -0.4 is 10.2 Å². The molecule has 2 fully saturated rings. The van der Waals surface area contributed by atoms with E-state index in [0.29, 0.717) is 11.0 Å². The van der Waals surface area contributed by atoms with Crippen LogP contribution in [0.2, 0.25) is 0 Å². The monoisotopic (exact) mass is 370 g/mol. The van der Waals surface area contributed by atoms with Crippen molar-refractivity contribution >= 4 is 33.8 Å². The van der Waals surface area contributed by atoms with Gasteiger partial charge in [0.25, 0.3) is 0 Å². The second-order valence-electron chi connectivity index (χ2n) is 6.80. The molecule has 1 saturated heterocycles. The predicted molar refractivity (Wildman–Crippen MR) is 96.2 cm³/mol. The fraction of sp³-hybridized carbons (Fsp3) is 0.500. The lowest BCUT2D eigenvalue weighted by Gasteiger charge is -2.31. The molecule has 9 nitrogen and oxygen atoms in total. The van der Waals surface area contributed by atoms with Crippen LogP contribution in [0.4, 0.5) is 10.9 Å². The smallest absolute Gasteiger partial charge is 0.229 e. The number of amides is 1. The zero-order valence-electron chi connectivity index (χ0n) is 14.1. The Morgan fingerprint density at radius 1 is 1.12 bits per heavy atom. The lowest BCUT2D eigenvalue weighted by molar-refractivity contribution is -0.120. The third-order valence-corrected chi connectivity index (χ3v) is 5.94. The van der Waals surface area contributed by atoms with Gasteiger partial charge in [-0.05, 0) is 37.8 Å². The Morgan fingerprint density at radius 2 is 1.96 bits per heavy atom. The van der Waals surface area contributed by atoms with Crippen molar-refractivity contribution in [1.29, 1.82) is 0 Å². The van der Waals surface area contributed by atoms with Crippen molar-refractivity contribution in [2.75, 3.05) is 23.3 Å². The van der Waals surface area contributed by atoms with Crippen LogP contribution in [0, 0.1) is 5.92 Å². The van der Waals surface area contributed by atoms with Crippen LogP contribution in [0.15, 0.2) is 18.5 Å². The molecule has 0 bridgehead atoms. The van der Waals surface area contributed by atoms with Crippen LogP contribution in [0.1, 0.15) is 36.6 Å². The zero-order valence-corrected chi connectivity index (χ0v) is 14.9. The van der Waals surface area contributed by atoms with Crippen LogP contribution >= 0.6 is 11.3 Å². The highest BCUT2D eigenvalue weighted by atomic mass is 32.1. The second-order valence-corrected chi connectivity index (χ2v) is 7.80. The van der Waals surface area contributed by atoms with Crippen molar-refractivity contribution in [3.63, 3.8) is 0 Å². The fourth-order valence-corrected chi connectivity index (χ4v) is 4.16. The molecular formula is C16H18N8OS. The molecule has 1 amide bonds. The second kappa shape index (κ2) is 6.27. The van der Waals surface area contributed by atoms with E-state index in [2.05, 4.69) is 35.7 Å². The van der Waals surface area contributed by atoms with Crippen LogP contribution in [0.3, 0.4) is 0 Å². The summed E-state index contributed by atoms with van der Waals surface area (Å²) in [5, 5.41) is 25.2. The van der Waals surface area contributed by atoms with Gasteiger partial charge in [-0.2, -0.15) is 4.52 Å². The number of hydrogen-bond acceptors (Lipinski definition) is 8. The number of carbonyl (C=O) groups is 1. The van der Waals surface area contributed by atoms with E-state index in [4.69, 9.17) is 0 Å². The maximum atomic E-state index is 12.5. The molecule has 1 saturated carbocycles. The Balaban J connectivity index is 1.19. The van der Waals surface area contributed by atoms with Gasteiger partial charge in [-0.15, -0.1) is 25.5 Å². The molecule has 26 heavy (non-hydrogen) atoms. The molecule has 134 valence electrons. The van der Waals surface area contributed by atoms with Crippen LogP contribution in [-0.2, 0) is 4.79 Å². The largest absolute Gasteiger partial charge is 0.355 e. The number of rotatable bonds is 4. The van der Waals surface area contributed by atoms with Gasteiger partial charge in [-0.1, -0.05) is 11.3 Å². The number of nitrogens with one attached hydrogen (secondary N) is 1. The number of hydrogen-bond donors (Lipinski definition) is 1. The molecule has 0 spiro atoms. The maximum Gasteiger partial charge on any atom is 0.229 e. The summed E-state index contributed by atoms with van der Waals surface area (Å²) in [6.45, 7) is 1.59. The van der Waals surface area contributed by atoms with Gasteiger partial charge in [0, 0.05) is 24.9 Å². The molecule has 0 atom stereocenters. The van der Waals surface area contributed by atoms with E-state index in [9.17, 15) is 4.79 Å². The number of carbonyl (C=O) groups excluding carboxylic acids is 1. The molecule has 0 unspecified atom stereocenters. The van der Waals surface area contributed by atoms with Crippen molar-refractivity contribution in [3.8, 4) is 0 Å². The molecular weight excluding hydrogens is 352 g/mol. The summed E-state index contributed by atoms with van der Waals surface area (Å²) in [4.78, 5) is 14.7. The Hall–Kier alpha value is -2.62. The van der Waals surface area contributed by atoms with E-state index < -0.39 is 0 Å². The predicted octanol–water partition coefficient (Wildman–Crippen LogP) is 1.71. The van der Waals surface area contributed by atoms with Crippen molar-refractivity contribution in [1.82, 2.24) is 30.0 Å². The minimum Gasteiger partial charge on any atom is -0.355 e. The summed E-state index contributed by atoms with van der Waals surface area (Å²) in [6, 6.07) is 3.85. The molecule has 2 aliphatic rings. The molecule has 3 aromatic rings. The minimum atomic E-state index is -0.00170. The van der Waals surface area contributed by atoms with E-state index in [0.717, 1.165) is 42.4 Å². The van der Waals surface area contributed by atoms with E-state index in [-0.39, 0.29) is 11.8 Å². The van der Waals surface area contributed by atoms with Crippen molar-refractivity contribution in [2.45, 2.75) is 31.6 Å². The average molecular weight is 370 g/mol. The lowest BCUT2D eigenvalue weighted by atomic mass is 9.96. The normalized spacial score (nSPS) is 18.4. The molecule has 1 N–H and O–H groups in total. The highest BCUT2D eigenvalue weighted by molar-refractivity contribution is 7.15. The van der Waals surface area contributed by atoms with Gasteiger partial charge >= 0.3 is 0 Å². The molecule has 0 radical (unpaired) electrons. The highest BCUT2D eigenvalue weighted by Gasteiger charge is 2.29. The molecule has 5 rings (SSSR count). The van der Waals surface area contributed by atoms with Gasteiger partial charge in [0.1, 0.15) is 17.2 Å². The van der Waals surface area contributed by atoms with Crippen LogP contribution in [0.5, 0.6) is 0 Å². The van der Waals surface area contributed by atoms with Gasteiger partial charge in [0.05, 0.1) is 0 Å². The quantitative estimate of drug-likeness (QED) is 0.746. The number of piperidine rings is 1. The van der Waals surface area contributed by atoms with E-state index in [1.54, 1.807) is 10.8 Å². The molecule has 1 aliphatic carbocycles. The highest BCUT2D eigenvalue weighted by Crippen LogP contribution is 2.42. The number of nitrogens with zero attached hydrogens (tertiary/aromatic N) is 7. The van der Waals surface area contributed by atoms with Crippen LogP contribution in [0.25, 0.3) is 5.65 Å². The molecule has 1 aliphatic heterocycles. The summed E-state index contributed by atoms with van der Waals surface area (Å²) < 4.78 is 1.67. The first-order chi connectivity index (χ1) is 12.8. The number of anilines is 2. The Labute approximate surface area is 153 Å². The molecule has 4 heterocycles. The van der Waals surface area contributed by atoms with E-state index in [1.807, 2.05) is 12.1 Å². The Kier molecular flexibility index (Phi) is 3.77. The molecule has 0 aromatic carbocycles. The first-order valence-corrected chi connectivity index (χ1v) is 9.64. The summed E-state index contributed by atoms with van der Waals surface area (Å²) in [5.41, 5.74) is 0.727. The molecule has 10 heteroatoms. The fourth-order valence-electron chi connectivity index (χ4n) is 3.25. The van der Waals surface area contributed by atoms with E-state index in [1.165, 1.54) is 24.2 Å². The summed E-state index contributed by atoms with van der Waals surface area (Å²) in [6.07, 6.45) is 5.56. The van der Waals surface area contributed by atoms with Gasteiger partial charge in [-0.25, -0.2) is 0 Å². The van der Waals surface area contributed by atoms with E-state index >= 15 is 0 Å². The molecule has 3 aromatic heterocycles. The first-order valence-electron chi connectivity index (χ1n) is 8.82. The standard InChI is InChI=1S/C16H18N8OS/c25-14(18-16-21-20-15(26-16)11-1-2-11)10-5-7-23(8-6-10)13-4-3-12-19-17-9-24(12)22-13/h3-4,9-11H,1-2,5-8H2,(H,18,21,25). The van der Waals surface area contributed by atoms with Crippen molar-refractivity contribution in [2.24, 2.45) is 5.92 Å². The third-order valence-electron chi connectivity index (χ3n) is 4.93. The first kappa shape index (κ1) is 15.6. The van der Waals surface area contributed by atoms with Crippen molar-refractivity contribution < 1.29 is 4.79 Å². The van der Waals surface area contributed by atoms with Gasteiger partial charge in [0.2, 0.25) is 11.0 Å². The Morgan fingerprint density at radius 3 is 2.77 bits per heavy atom. The summed E-state index contributed by atoms with van der Waals surface area (Å²) >= 11 is 1.51.